The van der Waals surface area contributed by atoms with Gasteiger partial charge < -0.3 is 15.4 Å². The van der Waals surface area contributed by atoms with Crippen LogP contribution < -0.4 is 15.4 Å². The standard InChI is InChI=1S/C16H16Cl2N2O2/c1-22-15-7-6-12(17)8-14(15)20-16(21)10-19-9-11-4-2-3-5-13(11)18/h2-8,19H,9-10H2,1H3,(H,20,21). The van der Waals surface area contributed by atoms with Crippen LogP contribution in [-0.4, -0.2) is 19.6 Å². The van der Waals surface area contributed by atoms with E-state index in [0.29, 0.717) is 28.0 Å². The molecule has 2 aromatic carbocycles. The number of nitrogens with one attached hydrogen (secondary N) is 2. The Morgan fingerprint density at radius 2 is 1.95 bits per heavy atom. The quantitative estimate of drug-likeness (QED) is 0.843. The van der Waals surface area contributed by atoms with Crippen LogP contribution in [-0.2, 0) is 11.3 Å². The lowest BCUT2D eigenvalue weighted by atomic mass is 10.2. The van der Waals surface area contributed by atoms with E-state index in [2.05, 4.69) is 10.6 Å². The Labute approximate surface area is 139 Å². The summed E-state index contributed by atoms with van der Waals surface area (Å²) >= 11 is 12.0. The van der Waals surface area contributed by atoms with Crippen LogP contribution in [0.15, 0.2) is 42.5 Å². The van der Waals surface area contributed by atoms with Crippen molar-refractivity contribution < 1.29 is 9.53 Å². The smallest absolute Gasteiger partial charge is 0.238 e. The summed E-state index contributed by atoms with van der Waals surface area (Å²) in [5, 5.41) is 7.00. The molecule has 0 unspecified atom stereocenters. The monoisotopic (exact) mass is 338 g/mol. The Morgan fingerprint density at radius 3 is 2.68 bits per heavy atom. The van der Waals surface area contributed by atoms with E-state index in [4.69, 9.17) is 27.9 Å². The molecule has 0 aliphatic carbocycles. The van der Waals surface area contributed by atoms with Crippen LogP contribution >= 0.6 is 23.2 Å². The lowest BCUT2D eigenvalue weighted by Gasteiger charge is -2.11. The van der Waals surface area contributed by atoms with Gasteiger partial charge in [-0.1, -0.05) is 41.4 Å². The van der Waals surface area contributed by atoms with Gasteiger partial charge in [-0.05, 0) is 29.8 Å². The maximum absolute atomic E-state index is 12.0. The molecule has 2 rings (SSSR count). The zero-order valence-corrected chi connectivity index (χ0v) is 13.5. The number of amides is 1. The normalized spacial score (nSPS) is 10.3. The lowest BCUT2D eigenvalue weighted by Crippen LogP contribution is -2.28. The number of carbonyl (C=O) groups is 1. The molecule has 0 aliphatic heterocycles. The van der Waals surface area contributed by atoms with Crippen LogP contribution in [0, 0.1) is 0 Å². The van der Waals surface area contributed by atoms with E-state index in [1.54, 1.807) is 18.2 Å². The van der Waals surface area contributed by atoms with Crippen LogP contribution in [0.2, 0.25) is 10.0 Å². The van der Waals surface area contributed by atoms with Gasteiger partial charge in [0, 0.05) is 16.6 Å². The topological polar surface area (TPSA) is 50.4 Å². The molecule has 116 valence electrons. The fraction of sp³-hybridized carbons (Fsp3) is 0.188. The van der Waals surface area contributed by atoms with Crippen LogP contribution in [0.3, 0.4) is 0 Å². The second kappa shape index (κ2) is 8.03. The molecule has 0 aliphatic rings. The maximum Gasteiger partial charge on any atom is 0.238 e. The zero-order valence-electron chi connectivity index (χ0n) is 12.0. The van der Waals surface area contributed by atoms with E-state index in [0.717, 1.165) is 5.56 Å². The van der Waals surface area contributed by atoms with E-state index in [-0.39, 0.29) is 12.5 Å². The van der Waals surface area contributed by atoms with Crippen molar-refractivity contribution in [3.8, 4) is 5.75 Å². The molecule has 0 aromatic heterocycles. The highest BCUT2D eigenvalue weighted by Gasteiger charge is 2.08. The minimum atomic E-state index is -0.187. The van der Waals surface area contributed by atoms with Gasteiger partial charge >= 0.3 is 0 Å². The van der Waals surface area contributed by atoms with Gasteiger partial charge in [0.15, 0.2) is 0 Å². The molecule has 0 fully saturated rings. The van der Waals surface area contributed by atoms with Crippen LogP contribution in [0.25, 0.3) is 0 Å². The Bertz CT molecular complexity index is 662. The van der Waals surface area contributed by atoms with Crippen molar-refractivity contribution in [3.05, 3.63) is 58.1 Å². The summed E-state index contributed by atoms with van der Waals surface area (Å²) in [6.07, 6.45) is 0. The third kappa shape index (κ3) is 4.63. The number of halogens is 2. The van der Waals surface area contributed by atoms with Crippen molar-refractivity contribution in [2.45, 2.75) is 6.54 Å². The summed E-state index contributed by atoms with van der Waals surface area (Å²) in [7, 11) is 1.54. The second-order valence-corrected chi connectivity index (χ2v) is 5.43. The van der Waals surface area contributed by atoms with E-state index in [1.165, 1.54) is 7.11 Å². The van der Waals surface area contributed by atoms with E-state index in [1.807, 2.05) is 24.3 Å². The van der Waals surface area contributed by atoms with Gasteiger partial charge in [-0.3, -0.25) is 4.79 Å². The molecule has 4 nitrogen and oxygen atoms in total. The summed E-state index contributed by atoms with van der Waals surface area (Å²) in [5.74, 6) is 0.372. The molecule has 0 spiro atoms. The number of benzene rings is 2. The molecule has 0 atom stereocenters. The highest BCUT2D eigenvalue weighted by molar-refractivity contribution is 6.31. The number of ether oxygens (including phenoxy) is 1. The predicted octanol–water partition coefficient (Wildman–Crippen LogP) is 3.73. The Kier molecular flexibility index (Phi) is 6.07. The minimum Gasteiger partial charge on any atom is -0.495 e. The molecule has 0 heterocycles. The first-order valence-corrected chi connectivity index (χ1v) is 7.43. The number of carbonyl (C=O) groups excluding carboxylic acids is 1. The highest BCUT2D eigenvalue weighted by Crippen LogP contribution is 2.27. The van der Waals surface area contributed by atoms with E-state index < -0.39 is 0 Å². The molecular formula is C16H16Cl2N2O2. The molecule has 6 heteroatoms. The number of hydrogen-bond donors (Lipinski definition) is 2. The van der Waals surface area contributed by atoms with Crippen LogP contribution in [0.5, 0.6) is 5.75 Å². The molecule has 0 saturated carbocycles. The van der Waals surface area contributed by atoms with Crippen molar-refractivity contribution in [2.24, 2.45) is 0 Å². The summed E-state index contributed by atoms with van der Waals surface area (Å²) in [5.41, 5.74) is 1.48. The first-order valence-electron chi connectivity index (χ1n) is 6.67. The molecule has 2 N–H and O–H groups in total. The zero-order chi connectivity index (χ0) is 15.9. The molecule has 0 saturated heterocycles. The first kappa shape index (κ1) is 16.6. The average molecular weight is 339 g/mol. The summed E-state index contributed by atoms with van der Waals surface area (Å²) in [6.45, 7) is 0.667. The fourth-order valence-corrected chi connectivity index (χ4v) is 2.30. The number of anilines is 1. The predicted molar refractivity (Wildman–Crippen MR) is 89.8 cm³/mol. The van der Waals surface area contributed by atoms with Crippen molar-refractivity contribution >= 4 is 34.8 Å². The summed E-state index contributed by atoms with van der Waals surface area (Å²) < 4.78 is 5.18. The second-order valence-electron chi connectivity index (χ2n) is 4.59. The van der Waals surface area contributed by atoms with Crippen LogP contribution in [0.1, 0.15) is 5.56 Å². The number of rotatable bonds is 6. The number of hydrogen-bond acceptors (Lipinski definition) is 3. The van der Waals surface area contributed by atoms with Crippen molar-refractivity contribution in [2.75, 3.05) is 19.0 Å². The molecule has 2 aromatic rings. The summed E-state index contributed by atoms with van der Waals surface area (Å²) in [6, 6.07) is 12.5. The molecule has 0 radical (unpaired) electrons. The average Bonchev–Trinajstić information content (AvgIpc) is 2.49. The Hall–Kier alpha value is -1.75. The third-order valence-electron chi connectivity index (χ3n) is 2.99. The molecular weight excluding hydrogens is 323 g/mol. The lowest BCUT2D eigenvalue weighted by molar-refractivity contribution is -0.115. The minimum absolute atomic E-state index is 0.154. The first-order chi connectivity index (χ1) is 10.6. The fourth-order valence-electron chi connectivity index (χ4n) is 1.92. The van der Waals surface area contributed by atoms with E-state index in [9.17, 15) is 4.79 Å². The van der Waals surface area contributed by atoms with E-state index >= 15 is 0 Å². The van der Waals surface area contributed by atoms with Gasteiger partial charge in [0.1, 0.15) is 5.75 Å². The molecule has 0 bridgehead atoms. The molecule has 22 heavy (non-hydrogen) atoms. The van der Waals surface area contributed by atoms with Gasteiger partial charge in [0.05, 0.1) is 19.3 Å². The summed E-state index contributed by atoms with van der Waals surface area (Å²) in [4.78, 5) is 12.0. The van der Waals surface area contributed by atoms with Crippen molar-refractivity contribution in [3.63, 3.8) is 0 Å². The van der Waals surface area contributed by atoms with Gasteiger partial charge in [0.2, 0.25) is 5.91 Å². The molecule has 1 amide bonds. The number of methoxy groups -OCH3 is 1. The highest BCUT2D eigenvalue weighted by atomic mass is 35.5. The van der Waals surface area contributed by atoms with Gasteiger partial charge in [-0.15, -0.1) is 0 Å². The Morgan fingerprint density at radius 1 is 1.18 bits per heavy atom. The van der Waals surface area contributed by atoms with Crippen LogP contribution in [0.4, 0.5) is 5.69 Å². The largest absolute Gasteiger partial charge is 0.495 e. The van der Waals surface area contributed by atoms with Gasteiger partial charge in [-0.2, -0.15) is 0 Å². The SMILES string of the molecule is COc1ccc(Cl)cc1NC(=O)CNCc1ccccc1Cl. The Balaban J connectivity index is 1.88. The van der Waals surface area contributed by atoms with Gasteiger partial charge in [-0.25, -0.2) is 0 Å². The van der Waals surface area contributed by atoms with Crippen molar-refractivity contribution in [1.29, 1.82) is 0 Å². The van der Waals surface area contributed by atoms with Crippen molar-refractivity contribution in [1.82, 2.24) is 5.32 Å². The third-order valence-corrected chi connectivity index (χ3v) is 3.60. The van der Waals surface area contributed by atoms with Gasteiger partial charge in [0.25, 0.3) is 0 Å². The maximum atomic E-state index is 12.0.